The van der Waals surface area contributed by atoms with Gasteiger partial charge in [-0.15, -0.1) is 0 Å². The van der Waals surface area contributed by atoms with Crippen LogP contribution in [0, 0.1) is 11.3 Å². The van der Waals surface area contributed by atoms with Crippen molar-refractivity contribution in [2.45, 2.75) is 89.0 Å². The molecule has 7 heteroatoms. The van der Waals surface area contributed by atoms with Crippen molar-refractivity contribution in [1.29, 1.82) is 5.26 Å². The van der Waals surface area contributed by atoms with Crippen LogP contribution in [0.25, 0.3) is 0 Å². The lowest BCUT2D eigenvalue weighted by Gasteiger charge is -2.34. The van der Waals surface area contributed by atoms with E-state index in [1.54, 1.807) is 6.20 Å². The first-order valence-corrected chi connectivity index (χ1v) is 10.1. The molecule has 2 saturated carbocycles. The number of nitriles is 1. The molecule has 3 N–H and O–H groups in total. The molecule has 148 valence electrons. The molecule has 0 aromatic carbocycles. The van der Waals surface area contributed by atoms with Crippen molar-refractivity contribution in [3.63, 3.8) is 0 Å². The Bertz CT molecular complexity index is 665. The van der Waals surface area contributed by atoms with Crippen LogP contribution >= 0.6 is 0 Å². The molecule has 2 aliphatic carbocycles. The number of hydrogen-bond acceptors (Lipinski definition) is 7. The van der Waals surface area contributed by atoms with Gasteiger partial charge in [0.05, 0.1) is 17.9 Å². The van der Waals surface area contributed by atoms with Gasteiger partial charge in [0.2, 0.25) is 5.95 Å². The van der Waals surface area contributed by atoms with E-state index >= 15 is 0 Å². The predicted octanol–water partition coefficient (Wildman–Crippen LogP) is 3.21. The molecule has 0 radical (unpaired) electrons. The Morgan fingerprint density at radius 2 is 2.04 bits per heavy atom. The summed E-state index contributed by atoms with van der Waals surface area (Å²) in [5, 5.41) is 26.5. The van der Waals surface area contributed by atoms with Crippen LogP contribution in [-0.2, 0) is 4.74 Å². The molecule has 0 saturated heterocycles. The van der Waals surface area contributed by atoms with Gasteiger partial charge in [0.1, 0.15) is 17.5 Å². The van der Waals surface area contributed by atoms with Gasteiger partial charge in [-0.2, -0.15) is 10.2 Å². The predicted molar refractivity (Wildman–Crippen MR) is 105 cm³/mol. The second-order valence-electron chi connectivity index (χ2n) is 8.08. The van der Waals surface area contributed by atoms with Gasteiger partial charge in [0.15, 0.2) is 0 Å². The summed E-state index contributed by atoms with van der Waals surface area (Å²) in [6, 6.07) is 2.61. The summed E-state index contributed by atoms with van der Waals surface area (Å²) in [7, 11) is 0. The summed E-state index contributed by atoms with van der Waals surface area (Å²) < 4.78 is 5.71. The Labute approximate surface area is 161 Å². The van der Waals surface area contributed by atoms with Gasteiger partial charge in [-0.1, -0.05) is 0 Å². The van der Waals surface area contributed by atoms with Gasteiger partial charge in [-0.3, -0.25) is 0 Å². The van der Waals surface area contributed by atoms with Crippen LogP contribution < -0.4 is 10.6 Å². The fourth-order valence-electron chi connectivity index (χ4n) is 4.22. The monoisotopic (exact) mass is 373 g/mol. The second-order valence-corrected chi connectivity index (χ2v) is 8.08. The zero-order chi connectivity index (χ0) is 19.3. The van der Waals surface area contributed by atoms with E-state index in [9.17, 15) is 10.4 Å². The van der Waals surface area contributed by atoms with E-state index in [0.717, 1.165) is 51.6 Å². The average Bonchev–Trinajstić information content (AvgIpc) is 2.63. The van der Waals surface area contributed by atoms with Crippen LogP contribution in [-0.4, -0.2) is 45.5 Å². The van der Waals surface area contributed by atoms with Crippen molar-refractivity contribution < 1.29 is 9.84 Å². The third kappa shape index (κ3) is 5.53. The Morgan fingerprint density at radius 3 is 2.70 bits per heavy atom. The first-order chi connectivity index (χ1) is 13.0. The van der Waals surface area contributed by atoms with Crippen LogP contribution in [0.3, 0.4) is 0 Å². The first-order valence-electron chi connectivity index (χ1n) is 10.1. The molecule has 27 heavy (non-hydrogen) atoms. The molecule has 2 atom stereocenters. The molecular weight excluding hydrogens is 342 g/mol. The van der Waals surface area contributed by atoms with E-state index in [1.807, 2.05) is 13.8 Å². The molecule has 0 aliphatic heterocycles. The number of ether oxygens (including phenoxy) is 1. The maximum absolute atomic E-state index is 10.3. The third-order valence-corrected chi connectivity index (χ3v) is 5.61. The fraction of sp³-hybridized carbons (Fsp3) is 0.750. The maximum Gasteiger partial charge on any atom is 0.224 e. The Morgan fingerprint density at radius 1 is 1.26 bits per heavy atom. The van der Waals surface area contributed by atoms with E-state index in [-0.39, 0.29) is 6.04 Å². The lowest BCUT2D eigenvalue weighted by Crippen LogP contribution is -2.38. The highest BCUT2D eigenvalue weighted by atomic mass is 16.5. The molecule has 3 rings (SSSR count). The molecule has 1 aromatic heterocycles. The molecule has 0 amide bonds. The zero-order valence-electron chi connectivity index (χ0n) is 16.4. The van der Waals surface area contributed by atoms with Gasteiger partial charge in [-0.25, -0.2) is 4.98 Å². The number of aliphatic hydroxyl groups is 1. The third-order valence-electron chi connectivity index (χ3n) is 5.61. The first kappa shape index (κ1) is 19.8. The molecule has 0 spiro atoms. The number of hydrogen-bond donors (Lipinski definition) is 3. The average molecular weight is 374 g/mol. The molecule has 2 aliphatic rings. The van der Waals surface area contributed by atoms with Gasteiger partial charge < -0.3 is 20.5 Å². The van der Waals surface area contributed by atoms with Crippen molar-refractivity contribution in [2.75, 3.05) is 17.2 Å². The van der Waals surface area contributed by atoms with Crippen molar-refractivity contribution in [2.24, 2.45) is 0 Å². The Kier molecular flexibility index (Phi) is 6.51. The summed E-state index contributed by atoms with van der Waals surface area (Å²) in [6.07, 6.45) is 9.50. The van der Waals surface area contributed by atoms with Crippen molar-refractivity contribution >= 4 is 11.8 Å². The SMILES string of the molecule is CCO[C@H]1CC[C@H](Nc2ncc(C#N)c(N[C@@H]3CCCC(C)(O)C3)n2)CC1. The van der Waals surface area contributed by atoms with Gasteiger partial charge in [0, 0.05) is 18.7 Å². The molecule has 1 heterocycles. The Balaban J connectivity index is 1.63. The summed E-state index contributed by atoms with van der Waals surface area (Å²) in [4.78, 5) is 8.88. The summed E-state index contributed by atoms with van der Waals surface area (Å²) in [6.45, 7) is 4.68. The van der Waals surface area contributed by atoms with Crippen LogP contribution in [0.1, 0.15) is 70.8 Å². The molecular formula is C20H31N5O2. The number of nitrogens with one attached hydrogen (secondary N) is 2. The minimum absolute atomic E-state index is 0.116. The number of anilines is 2. The molecule has 2 fully saturated rings. The van der Waals surface area contributed by atoms with Crippen LogP contribution in [0.2, 0.25) is 0 Å². The van der Waals surface area contributed by atoms with Gasteiger partial charge in [0.25, 0.3) is 0 Å². The second kappa shape index (κ2) is 8.85. The summed E-state index contributed by atoms with van der Waals surface area (Å²) >= 11 is 0. The number of nitrogens with zero attached hydrogens (tertiary/aromatic N) is 3. The molecule has 0 bridgehead atoms. The lowest BCUT2D eigenvalue weighted by molar-refractivity contribution is 0.0182. The molecule has 1 aromatic rings. The zero-order valence-corrected chi connectivity index (χ0v) is 16.4. The largest absolute Gasteiger partial charge is 0.390 e. The topological polar surface area (TPSA) is 103 Å². The van der Waals surface area contributed by atoms with Crippen molar-refractivity contribution in [1.82, 2.24) is 9.97 Å². The van der Waals surface area contributed by atoms with E-state index < -0.39 is 5.60 Å². The highest BCUT2D eigenvalue weighted by Gasteiger charge is 2.30. The van der Waals surface area contributed by atoms with E-state index in [0.29, 0.717) is 35.9 Å². The summed E-state index contributed by atoms with van der Waals surface area (Å²) in [5.41, 5.74) is -0.221. The standard InChI is InChI=1S/C20H31N5O2/c1-3-27-17-8-6-15(7-9-17)24-19-22-13-14(12-21)18(25-19)23-16-5-4-10-20(2,26)11-16/h13,15-17,26H,3-11H2,1-2H3,(H2,22,23,24,25)/t15-,16-,17-,20?/m1/s1. The lowest BCUT2D eigenvalue weighted by atomic mass is 9.83. The number of aromatic nitrogens is 2. The maximum atomic E-state index is 10.3. The van der Waals surface area contributed by atoms with E-state index in [2.05, 4.69) is 26.7 Å². The smallest absolute Gasteiger partial charge is 0.224 e. The fourth-order valence-corrected chi connectivity index (χ4v) is 4.22. The van der Waals surface area contributed by atoms with Gasteiger partial charge >= 0.3 is 0 Å². The normalized spacial score (nSPS) is 31.1. The Hall–Kier alpha value is -1.91. The highest BCUT2D eigenvalue weighted by Crippen LogP contribution is 2.30. The van der Waals surface area contributed by atoms with E-state index in [1.165, 1.54) is 0 Å². The number of rotatable bonds is 6. The highest BCUT2D eigenvalue weighted by molar-refractivity contribution is 5.54. The van der Waals surface area contributed by atoms with Crippen molar-refractivity contribution in [3.8, 4) is 6.07 Å². The minimum atomic E-state index is -0.657. The minimum Gasteiger partial charge on any atom is -0.390 e. The molecule has 1 unspecified atom stereocenters. The van der Waals surface area contributed by atoms with Crippen molar-refractivity contribution in [3.05, 3.63) is 11.8 Å². The van der Waals surface area contributed by atoms with Crippen LogP contribution in [0.5, 0.6) is 0 Å². The van der Waals surface area contributed by atoms with E-state index in [4.69, 9.17) is 4.74 Å². The van der Waals surface area contributed by atoms with Crippen LogP contribution in [0.4, 0.5) is 11.8 Å². The molecule has 7 nitrogen and oxygen atoms in total. The van der Waals surface area contributed by atoms with Crippen LogP contribution in [0.15, 0.2) is 6.20 Å². The van der Waals surface area contributed by atoms with Gasteiger partial charge in [-0.05, 0) is 65.2 Å². The quantitative estimate of drug-likeness (QED) is 0.703. The summed E-state index contributed by atoms with van der Waals surface area (Å²) in [5.74, 6) is 1.11.